The third kappa shape index (κ3) is 27.6. The first-order valence-electron chi connectivity index (χ1n) is 22.8. The van der Waals surface area contributed by atoms with E-state index < -0.39 is 5.97 Å². The number of phenols is 2. The third-order valence-corrected chi connectivity index (χ3v) is 10.7. The van der Waals surface area contributed by atoms with E-state index in [-0.39, 0.29) is 29.7 Å². The van der Waals surface area contributed by atoms with Crippen LogP contribution < -0.4 is 35.3 Å². The number of alkyl halides is 1. The van der Waals surface area contributed by atoms with Crippen molar-refractivity contribution in [3.8, 4) is 34.5 Å². The van der Waals surface area contributed by atoms with Gasteiger partial charge in [-0.1, -0.05) is 80.0 Å². The van der Waals surface area contributed by atoms with Crippen LogP contribution in [0.5, 0.6) is 34.5 Å². The van der Waals surface area contributed by atoms with Crippen LogP contribution in [0.15, 0.2) is 146 Å². The van der Waals surface area contributed by atoms with E-state index in [1.807, 2.05) is 66.7 Å². The number of carbonyl (C=O) groups is 3. The summed E-state index contributed by atoms with van der Waals surface area (Å²) < 4.78 is 20.8. The number of halogens is 1. The third-order valence-electron chi connectivity index (χ3n) is 9.38. The number of nitrogen functional groups attached to an aromatic ring is 1. The summed E-state index contributed by atoms with van der Waals surface area (Å²) in [5, 5.41) is 33.6. The summed E-state index contributed by atoms with van der Waals surface area (Å²) in [6, 6.07) is 43.3. The molecule has 0 heterocycles. The van der Waals surface area contributed by atoms with E-state index >= 15 is 0 Å². The molecule has 13 nitrogen and oxygen atoms in total. The molecule has 14 heteroatoms. The molecule has 376 valence electrons. The largest absolute Gasteiger partial charge is 0.508 e. The highest BCUT2D eigenvalue weighted by molar-refractivity contribution is 9.09. The Morgan fingerprint density at radius 3 is 1.26 bits per heavy atom. The average Bonchev–Trinajstić information content (AvgIpc) is 3.35. The number of anilines is 3. The van der Waals surface area contributed by atoms with Gasteiger partial charge in [-0.25, -0.2) is 0 Å². The number of hydrogen-bond donors (Lipinski definition) is 6. The fraction of sp³-hybridized carbons (Fsp3) is 0.304. The summed E-state index contributed by atoms with van der Waals surface area (Å²) in [5.74, 6) is 4.02. The van der Waals surface area contributed by atoms with Crippen molar-refractivity contribution in [1.82, 2.24) is 0 Å². The van der Waals surface area contributed by atoms with Gasteiger partial charge in [-0.2, -0.15) is 0 Å². The lowest BCUT2D eigenvalue weighted by Gasteiger charge is -2.10. The second kappa shape index (κ2) is 34.2. The summed E-state index contributed by atoms with van der Waals surface area (Å²) in [4.78, 5) is 34.1. The highest BCUT2D eigenvalue weighted by Crippen LogP contribution is 2.20. The zero-order valence-corrected chi connectivity index (χ0v) is 42.9. The molecule has 7 N–H and O–H groups in total. The summed E-state index contributed by atoms with van der Waals surface area (Å²) >= 11 is 3.31. The van der Waals surface area contributed by atoms with Crippen LogP contribution in [0.3, 0.4) is 0 Å². The van der Waals surface area contributed by atoms with Crippen molar-refractivity contribution in [3.63, 3.8) is 0 Å². The number of aliphatic carboxylic acids is 1. The van der Waals surface area contributed by atoms with E-state index in [1.165, 1.54) is 0 Å². The van der Waals surface area contributed by atoms with Crippen molar-refractivity contribution in [2.75, 3.05) is 49.6 Å². The monoisotopic (exact) mass is 1020 g/mol. The van der Waals surface area contributed by atoms with Crippen LogP contribution in [0, 0.1) is 11.8 Å². The van der Waals surface area contributed by atoms with Gasteiger partial charge in [0.2, 0.25) is 11.8 Å². The van der Waals surface area contributed by atoms with E-state index in [0.29, 0.717) is 44.6 Å². The van der Waals surface area contributed by atoms with Crippen molar-refractivity contribution in [2.24, 2.45) is 11.8 Å². The van der Waals surface area contributed by atoms with Crippen LogP contribution in [0.25, 0.3) is 0 Å². The fourth-order valence-corrected chi connectivity index (χ4v) is 5.64. The maximum absolute atomic E-state index is 12.1. The van der Waals surface area contributed by atoms with Crippen LogP contribution >= 0.6 is 15.9 Å². The number of hydrogen-bond acceptors (Lipinski definition) is 10. The van der Waals surface area contributed by atoms with Gasteiger partial charge in [0.1, 0.15) is 34.5 Å². The number of carbonyl (C=O) groups excluding carboxylic acids is 2. The van der Waals surface area contributed by atoms with Crippen LogP contribution in [0.2, 0.25) is 0 Å². The quantitative estimate of drug-likeness (QED) is 0.0354. The molecular weight excluding hydrogens is 955 g/mol. The number of methoxy groups -OCH3 is 3. The van der Waals surface area contributed by atoms with Gasteiger partial charge >= 0.3 is 5.97 Å². The predicted molar refractivity (Wildman–Crippen MR) is 285 cm³/mol. The van der Waals surface area contributed by atoms with Gasteiger partial charge in [-0.3, -0.25) is 14.4 Å². The van der Waals surface area contributed by atoms with E-state index in [1.54, 1.807) is 100 Å². The number of amides is 2. The number of benzene rings is 6. The molecule has 0 spiro atoms. The lowest BCUT2D eigenvalue weighted by Crippen LogP contribution is -2.12. The smallest absolute Gasteiger partial charge is 0.303 e. The van der Waals surface area contributed by atoms with Crippen molar-refractivity contribution >= 4 is 50.8 Å². The zero-order valence-electron chi connectivity index (χ0n) is 41.3. The van der Waals surface area contributed by atoms with E-state index in [0.717, 1.165) is 68.0 Å². The maximum atomic E-state index is 12.1. The number of rotatable bonds is 18. The predicted octanol–water partition coefficient (Wildman–Crippen LogP) is 12.0. The summed E-state index contributed by atoms with van der Waals surface area (Å²) in [6.45, 7) is 9.28. The number of carboxylic acid groups (broad SMARTS) is 1. The molecule has 0 unspecified atom stereocenters. The fourth-order valence-electron chi connectivity index (χ4n) is 5.64. The first-order chi connectivity index (χ1) is 33.5. The lowest BCUT2D eigenvalue weighted by atomic mass is 10.1. The van der Waals surface area contributed by atoms with Gasteiger partial charge in [0.15, 0.2) is 0 Å². The number of aromatic hydroxyl groups is 2. The molecule has 6 rings (SSSR count). The van der Waals surface area contributed by atoms with Gasteiger partial charge in [0.25, 0.3) is 0 Å². The first-order valence-corrected chi connectivity index (χ1v) is 24.0. The Kier molecular flexibility index (Phi) is 28.8. The molecule has 0 fully saturated rings. The normalized spacial score (nSPS) is 9.97. The van der Waals surface area contributed by atoms with Gasteiger partial charge in [-0.05, 0) is 157 Å². The SMILES string of the molecule is CC(C)CBr.COc1ccc(N)cc1.COc1ccc(NC(=O)CCc2cccc(O)c2)cc1.COc1ccc(NC(=O)CCc2cccc(OCC(C)C)c2)cc1.O=C(O)CCc1cccc(O)c1. The number of nitrogens with two attached hydrogens (primary N) is 1. The molecule has 0 aliphatic rings. The Morgan fingerprint density at radius 1 is 0.529 bits per heavy atom. The number of ether oxygens (including phenoxy) is 4. The second-order valence-corrected chi connectivity index (χ2v) is 17.1. The molecule has 0 aliphatic carbocycles. The molecule has 0 bridgehead atoms. The lowest BCUT2D eigenvalue weighted by molar-refractivity contribution is -0.137. The zero-order chi connectivity index (χ0) is 51.7. The molecule has 6 aromatic rings. The van der Waals surface area contributed by atoms with Crippen molar-refractivity contribution in [1.29, 1.82) is 0 Å². The highest BCUT2D eigenvalue weighted by atomic mass is 79.9. The Hall–Kier alpha value is -7.19. The van der Waals surface area contributed by atoms with Crippen molar-refractivity contribution < 1.29 is 48.7 Å². The molecule has 0 saturated carbocycles. The first kappa shape index (κ1) is 58.9. The van der Waals surface area contributed by atoms with Crippen LogP contribution in [-0.2, 0) is 33.6 Å². The molecular formula is C56H70BrN3O10. The van der Waals surface area contributed by atoms with E-state index in [4.69, 9.17) is 34.9 Å². The van der Waals surface area contributed by atoms with Gasteiger partial charge in [0.05, 0.1) is 27.9 Å². The summed E-state index contributed by atoms with van der Waals surface area (Å²) in [5.41, 5.74) is 10.6. The molecule has 70 heavy (non-hydrogen) atoms. The van der Waals surface area contributed by atoms with Crippen molar-refractivity contribution in [3.05, 3.63) is 162 Å². The molecule has 0 radical (unpaired) electrons. The number of carboxylic acids is 1. The minimum Gasteiger partial charge on any atom is -0.508 e. The molecule has 2 amide bonds. The summed E-state index contributed by atoms with van der Waals surface area (Å²) in [7, 11) is 4.85. The van der Waals surface area contributed by atoms with Crippen LogP contribution in [0.4, 0.5) is 17.1 Å². The van der Waals surface area contributed by atoms with Gasteiger partial charge in [0, 0.05) is 41.7 Å². The Bertz CT molecular complexity index is 2390. The standard InChI is InChI=1S/C20H25NO3.C16H17NO3.C9H10O3.C7H9NO.C4H9Br/c1-15(2)14-24-19-6-4-5-16(13-19)7-12-20(22)21-17-8-10-18(23-3)11-9-17;1-20-15-8-6-13(7-9-15)17-16(19)10-5-12-3-2-4-14(18)11-12;10-8-3-1-2-7(6-8)4-5-9(11)12;1-9-7-4-2-6(8)3-5-7;1-4(2)3-5/h4-6,8-11,13,15H,7,12,14H2,1-3H3,(H,21,22);2-4,6-9,11,18H,5,10H2,1H3,(H,17,19);1-3,6,10H,4-5H2,(H,11,12);2-5H,8H2,1H3;4H,3H2,1-2H3. The Balaban J connectivity index is 0.000000326. The highest BCUT2D eigenvalue weighted by Gasteiger charge is 2.07. The van der Waals surface area contributed by atoms with Crippen molar-refractivity contribution in [2.45, 2.75) is 66.2 Å². The average molecular weight is 1030 g/mol. The molecule has 0 aromatic heterocycles. The molecule has 0 aliphatic heterocycles. The van der Waals surface area contributed by atoms with E-state index in [2.05, 4.69) is 54.3 Å². The maximum Gasteiger partial charge on any atom is 0.303 e. The second-order valence-electron chi connectivity index (χ2n) is 16.5. The minimum absolute atomic E-state index is 0.00586. The van der Waals surface area contributed by atoms with Gasteiger partial charge in [-0.15, -0.1) is 0 Å². The number of phenolic OH excluding ortho intramolecular Hbond substituents is 2. The molecule has 0 saturated heterocycles. The number of aryl methyl sites for hydroxylation is 3. The van der Waals surface area contributed by atoms with Gasteiger partial charge < -0.3 is 50.6 Å². The van der Waals surface area contributed by atoms with Crippen LogP contribution in [-0.4, -0.2) is 66.4 Å². The number of nitrogens with one attached hydrogen (secondary N) is 2. The topological polar surface area (TPSA) is 199 Å². The minimum atomic E-state index is -0.821. The van der Waals surface area contributed by atoms with E-state index in [9.17, 15) is 19.5 Å². The molecule has 0 atom stereocenters. The Labute approximate surface area is 422 Å². The Morgan fingerprint density at radius 2 is 0.900 bits per heavy atom. The van der Waals surface area contributed by atoms with Crippen LogP contribution in [0.1, 0.15) is 63.6 Å². The molecule has 6 aromatic carbocycles. The summed E-state index contributed by atoms with van der Waals surface area (Å²) in [6.07, 6.45) is 2.64.